The maximum Gasteiger partial charge on any atom is 0.220 e. The Morgan fingerprint density at radius 3 is 2.67 bits per heavy atom. The van der Waals surface area contributed by atoms with Gasteiger partial charge in [0.05, 0.1) is 11.4 Å². The molecule has 1 N–H and O–H groups in total. The number of aryl methyl sites for hydroxylation is 2. The van der Waals surface area contributed by atoms with Crippen molar-refractivity contribution in [3.63, 3.8) is 0 Å². The normalized spacial score (nSPS) is 15.2. The Bertz CT molecular complexity index is 946. The molecule has 1 aliphatic rings. The summed E-state index contributed by atoms with van der Waals surface area (Å²) in [6, 6.07) is 16.6. The van der Waals surface area contributed by atoms with Gasteiger partial charge in [-0.3, -0.25) is 19.4 Å². The van der Waals surface area contributed by atoms with Crippen LogP contribution in [0.15, 0.2) is 60.9 Å². The van der Waals surface area contributed by atoms with Crippen molar-refractivity contribution in [1.82, 2.24) is 25.0 Å². The molecule has 30 heavy (non-hydrogen) atoms. The summed E-state index contributed by atoms with van der Waals surface area (Å²) >= 11 is 0. The van der Waals surface area contributed by atoms with Crippen molar-refractivity contribution in [1.29, 1.82) is 0 Å². The first-order chi connectivity index (χ1) is 14.7. The highest BCUT2D eigenvalue weighted by Gasteiger charge is 2.21. The minimum absolute atomic E-state index is 0.157. The molecule has 2 aromatic heterocycles. The fourth-order valence-corrected chi connectivity index (χ4v) is 3.98. The Morgan fingerprint density at radius 2 is 1.93 bits per heavy atom. The number of piperidine rings is 1. The summed E-state index contributed by atoms with van der Waals surface area (Å²) < 4.78 is 1.96. The number of benzene rings is 1. The van der Waals surface area contributed by atoms with E-state index in [0.717, 1.165) is 50.2 Å². The quantitative estimate of drug-likeness (QED) is 0.658. The topological polar surface area (TPSA) is 63.1 Å². The Hall–Kier alpha value is -2.99. The smallest absolute Gasteiger partial charge is 0.220 e. The highest BCUT2D eigenvalue weighted by atomic mass is 16.1. The number of amides is 1. The fourth-order valence-electron chi connectivity index (χ4n) is 3.98. The zero-order valence-corrected chi connectivity index (χ0v) is 17.5. The molecule has 0 aliphatic carbocycles. The molecule has 3 aromatic rings. The van der Waals surface area contributed by atoms with Gasteiger partial charge in [-0.1, -0.05) is 30.3 Å². The van der Waals surface area contributed by atoms with Crippen LogP contribution in [0.4, 0.5) is 0 Å². The van der Waals surface area contributed by atoms with Gasteiger partial charge < -0.3 is 5.32 Å². The minimum Gasteiger partial charge on any atom is -0.353 e. The van der Waals surface area contributed by atoms with Gasteiger partial charge in [0.25, 0.3) is 0 Å². The molecular formula is C24H29N5O. The van der Waals surface area contributed by atoms with Crippen LogP contribution in [0, 0.1) is 0 Å². The molecule has 1 aromatic carbocycles. The van der Waals surface area contributed by atoms with Gasteiger partial charge in [-0.15, -0.1) is 0 Å². The molecule has 1 amide bonds. The van der Waals surface area contributed by atoms with Crippen molar-refractivity contribution in [3.05, 3.63) is 72.2 Å². The van der Waals surface area contributed by atoms with Crippen molar-refractivity contribution in [2.45, 2.75) is 38.3 Å². The molecule has 3 heterocycles. The molecule has 4 rings (SSSR count). The molecule has 0 unspecified atom stereocenters. The zero-order valence-electron chi connectivity index (χ0n) is 17.5. The summed E-state index contributed by atoms with van der Waals surface area (Å²) in [4.78, 5) is 18.9. The number of likely N-dealkylation sites (tertiary alicyclic amines) is 1. The third-order valence-corrected chi connectivity index (χ3v) is 5.76. The molecule has 0 radical (unpaired) electrons. The van der Waals surface area contributed by atoms with Gasteiger partial charge in [-0.25, -0.2) is 0 Å². The first-order valence-corrected chi connectivity index (χ1v) is 10.7. The number of nitrogens with one attached hydrogen (secondary N) is 1. The standard InChI is InChI=1S/C24H29N5O/c1-28-22(16-23(27-28)20-8-5-13-25-17-20)18-29-14-11-21(12-15-29)26-24(30)10-9-19-6-3-2-4-7-19/h2-8,13,16-17,21H,9-12,14-15,18H2,1H3,(H,26,30). The summed E-state index contributed by atoms with van der Waals surface area (Å²) in [5.41, 5.74) is 4.40. The Morgan fingerprint density at radius 1 is 1.13 bits per heavy atom. The molecule has 0 spiro atoms. The van der Waals surface area contributed by atoms with E-state index in [9.17, 15) is 4.79 Å². The van der Waals surface area contributed by atoms with E-state index < -0.39 is 0 Å². The van der Waals surface area contributed by atoms with Crippen LogP contribution in [0.25, 0.3) is 11.3 Å². The molecule has 1 saturated heterocycles. The lowest BCUT2D eigenvalue weighted by Gasteiger charge is -2.32. The van der Waals surface area contributed by atoms with E-state index in [1.54, 1.807) is 6.20 Å². The molecule has 156 valence electrons. The highest BCUT2D eigenvalue weighted by molar-refractivity contribution is 5.76. The molecule has 0 atom stereocenters. The average Bonchev–Trinajstić information content (AvgIpc) is 3.15. The maximum atomic E-state index is 12.3. The number of carbonyl (C=O) groups is 1. The van der Waals surface area contributed by atoms with E-state index in [1.807, 2.05) is 48.3 Å². The Kier molecular flexibility index (Phi) is 6.54. The number of carbonyl (C=O) groups excluding carboxylic acids is 1. The Labute approximate surface area is 177 Å². The van der Waals surface area contributed by atoms with E-state index in [0.29, 0.717) is 6.42 Å². The van der Waals surface area contributed by atoms with Crippen LogP contribution in [0.1, 0.15) is 30.5 Å². The van der Waals surface area contributed by atoms with Crippen LogP contribution >= 0.6 is 0 Å². The van der Waals surface area contributed by atoms with Gasteiger partial charge in [0.2, 0.25) is 5.91 Å². The summed E-state index contributed by atoms with van der Waals surface area (Å²) in [5.74, 6) is 0.157. The Balaban J connectivity index is 1.23. The second-order valence-electron chi connectivity index (χ2n) is 7.99. The van der Waals surface area contributed by atoms with Crippen molar-refractivity contribution in [2.75, 3.05) is 13.1 Å². The fraction of sp³-hybridized carbons (Fsp3) is 0.375. The van der Waals surface area contributed by atoms with E-state index in [4.69, 9.17) is 0 Å². The van der Waals surface area contributed by atoms with E-state index in [-0.39, 0.29) is 11.9 Å². The first kappa shape index (κ1) is 20.3. The van der Waals surface area contributed by atoms with Crippen molar-refractivity contribution >= 4 is 5.91 Å². The summed E-state index contributed by atoms with van der Waals surface area (Å²) in [6.45, 7) is 2.84. The minimum atomic E-state index is 0.157. The third kappa shape index (κ3) is 5.33. The van der Waals surface area contributed by atoms with E-state index >= 15 is 0 Å². The van der Waals surface area contributed by atoms with Crippen LogP contribution in [-0.4, -0.2) is 44.7 Å². The maximum absolute atomic E-state index is 12.3. The number of nitrogens with zero attached hydrogens (tertiary/aromatic N) is 4. The second-order valence-corrected chi connectivity index (χ2v) is 7.99. The van der Waals surface area contributed by atoms with Crippen molar-refractivity contribution in [3.8, 4) is 11.3 Å². The molecule has 6 heteroatoms. The number of hydrogen-bond donors (Lipinski definition) is 1. The lowest BCUT2D eigenvalue weighted by atomic mass is 10.0. The largest absolute Gasteiger partial charge is 0.353 e. The van der Waals surface area contributed by atoms with Gasteiger partial charge in [0.1, 0.15) is 0 Å². The molecule has 0 saturated carbocycles. The van der Waals surface area contributed by atoms with Gasteiger partial charge in [-0.05, 0) is 43.0 Å². The van der Waals surface area contributed by atoms with Crippen LogP contribution in [0.5, 0.6) is 0 Å². The van der Waals surface area contributed by atoms with Crippen LogP contribution in [0.2, 0.25) is 0 Å². The third-order valence-electron chi connectivity index (χ3n) is 5.76. The molecular weight excluding hydrogens is 374 g/mol. The predicted octanol–water partition coefficient (Wildman–Crippen LogP) is 3.20. The first-order valence-electron chi connectivity index (χ1n) is 10.7. The van der Waals surface area contributed by atoms with Gasteiger partial charge in [0, 0.05) is 57.1 Å². The number of hydrogen-bond acceptors (Lipinski definition) is 4. The van der Waals surface area contributed by atoms with Gasteiger partial charge in [-0.2, -0.15) is 5.10 Å². The van der Waals surface area contributed by atoms with Crippen LogP contribution in [-0.2, 0) is 24.8 Å². The molecule has 6 nitrogen and oxygen atoms in total. The number of pyridine rings is 1. The summed E-state index contributed by atoms with van der Waals surface area (Å²) in [7, 11) is 1.99. The van der Waals surface area contributed by atoms with Gasteiger partial charge in [0.15, 0.2) is 0 Å². The second kappa shape index (κ2) is 9.67. The van der Waals surface area contributed by atoms with Crippen molar-refractivity contribution in [2.24, 2.45) is 7.05 Å². The SMILES string of the molecule is Cn1nc(-c2cccnc2)cc1CN1CCC(NC(=O)CCc2ccccc2)CC1. The average molecular weight is 404 g/mol. The zero-order chi connectivity index (χ0) is 20.8. The van der Waals surface area contributed by atoms with Gasteiger partial charge >= 0.3 is 0 Å². The lowest BCUT2D eigenvalue weighted by Crippen LogP contribution is -2.44. The summed E-state index contributed by atoms with van der Waals surface area (Å²) in [6.07, 6.45) is 6.95. The summed E-state index contributed by atoms with van der Waals surface area (Å²) in [5, 5.41) is 7.86. The molecule has 1 aliphatic heterocycles. The van der Waals surface area contributed by atoms with E-state index in [1.165, 1.54) is 11.3 Å². The molecule has 1 fully saturated rings. The highest BCUT2D eigenvalue weighted by Crippen LogP contribution is 2.20. The lowest BCUT2D eigenvalue weighted by molar-refractivity contribution is -0.122. The number of aromatic nitrogens is 3. The number of rotatable bonds is 7. The predicted molar refractivity (Wildman–Crippen MR) is 118 cm³/mol. The van der Waals surface area contributed by atoms with Crippen LogP contribution < -0.4 is 5.32 Å². The molecule has 0 bridgehead atoms. The van der Waals surface area contributed by atoms with Crippen molar-refractivity contribution < 1.29 is 4.79 Å². The monoisotopic (exact) mass is 403 g/mol. The van der Waals surface area contributed by atoms with E-state index in [2.05, 4.69) is 38.5 Å². The van der Waals surface area contributed by atoms with Crippen LogP contribution in [0.3, 0.4) is 0 Å².